The van der Waals surface area contributed by atoms with Crippen LogP contribution in [0.1, 0.15) is 11.1 Å². The van der Waals surface area contributed by atoms with Crippen molar-refractivity contribution in [1.82, 2.24) is 0 Å². The zero-order valence-electron chi connectivity index (χ0n) is 12.0. The van der Waals surface area contributed by atoms with Crippen molar-refractivity contribution in [1.29, 1.82) is 0 Å². The zero-order valence-corrected chi connectivity index (χ0v) is 14.0. The van der Waals surface area contributed by atoms with Gasteiger partial charge in [-0.15, -0.1) is 0 Å². The van der Waals surface area contributed by atoms with Gasteiger partial charge >= 0.3 is 29.6 Å². The molecule has 0 unspecified atom stereocenters. The van der Waals surface area contributed by atoms with Crippen LogP contribution < -0.4 is 45.1 Å². The van der Waals surface area contributed by atoms with Crippen LogP contribution in [0.15, 0.2) is 54.6 Å². The standard InChI is InChI=1S/C16H17NO3.Na/c17-15(16(18)19)10-12-6-8-14(9-7-12)20-11-13-4-2-1-3-5-13;/h1-9,15H,10-11,17H2,(H,18,19);/q;+1/p-1/t15-;/m0./s1. The van der Waals surface area contributed by atoms with Gasteiger partial charge in [0.25, 0.3) is 0 Å². The molecule has 1 atom stereocenters. The summed E-state index contributed by atoms with van der Waals surface area (Å²) in [5.74, 6) is -0.506. The molecular weight excluding hydrogens is 277 g/mol. The van der Waals surface area contributed by atoms with Crippen molar-refractivity contribution in [3.05, 3.63) is 65.7 Å². The summed E-state index contributed by atoms with van der Waals surface area (Å²) in [6.07, 6.45) is 0.251. The van der Waals surface area contributed by atoms with Crippen molar-refractivity contribution in [2.75, 3.05) is 0 Å². The number of benzene rings is 2. The van der Waals surface area contributed by atoms with E-state index in [4.69, 9.17) is 10.5 Å². The van der Waals surface area contributed by atoms with Gasteiger partial charge in [-0.25, -0.2) is 0 Å². The van der Waals surface area contributed by atoms with E-state index < -0.39 is 12.0 Å². The van der Waals surface area contributed by atoms with Crippen molar-refractivity contribution in [2.24, 2.45) is 5.73 Å². The number of ether oxygens (including phenoxy) is 1. The number of nitrogens with two attached hydrogens (primary N) is 1. The molecule has 2 aromatic carbocycles. The number of aliphatic carboxylic acids is 1. The third kappa shape index (κ3) is 5.89. The van der Waals surface area contributed by atoms with Gasteiger partial charge in [0.2, 0.25) is 0 Å². The van der Waals surface area contributed by atoms with Gasteiger partial charge in [0.15, 0.2) is 0 Å². The quantitative estimate of drug-likeness (QED) is 0.619. The summed E-state index contributed by atoms with van der Waals surface area (Å²) >= 11 is 0. The molecule has 0 saturated carbocycles. The SMILES string of the molecule is N[C@@H](Cc1ccc(OCc2ccccc2)cc1)C(=O)[O-].[Na+]. The van der Waals surface area contributed by atoms with E-state index in [1.807, 2.05) is 42.5 Å². The van der Waals surface area contributed by atoms with Crippen LogP contribution >= 0.6 is 0 Å². The second-order valence-corrected chi connectivity index (χ2v) is 4.55. The molecule has 0 radical (unpaired) electrons. The largest absolute Gasteiger partial charge is 1.00 e. The van der Waals surface area contributed by atoms with Gasteiger partial charge in [0.1, 0.15) is 12.4 Å². The van der Waals surface area contributed by atoms with Crippen LogP contribution in [0.4, 0.5) is 0 Å². The van der Waals surface area contributed by atoms with Gasteiger partial charge in [-0.3, -0.25) is 0 Å². The first-order valence-corrected chi connectivity index (χ1v) is 6.37. The van der Waals surface area contributed by atoms with Gasteiger partial charge in [-0.05, 0) is 29.7 Å². The molecule has 21 heavy (non-hydrogen) atoms. The Morgan fingerprint density at radius 2 is 1.67 bits per heavy atom. The fourth-order valence-corrected chi connectivity index (χ4v) is 1.80. The molecule has 5 heteroatoms. The molecule has 0 aliphatic carbocycles. The fraction of sp³-hybridized carbons (Fsp3) is 0.188. The Balaban J connectivity index is 0.00000220. The van der Waals surface area contributed by atoms with E-state index in [0.717, 1.165) is 16.9 Å². The average Bonchev–Trinajstić information content (AvgIpc) is 2.47. The van der Waals surface area contributed by atoms with E-state index in [1.165, 1.54) is 0 Å². The normalized spacial score (nSPS) is 11.3. The molecule has 4 nitrogen and oxygen atoms in total. The number of carboxylic acid groups (broad SMARTS) is 1. The van der Waals surface area contributed by atoms with Crippen LogP contribution in [0.5, 0.6) is 5.75 Å². The second kappa shape index (κ2) is 8.85. The Labute approximate surface area is 146 Å². The van der Waals surface area contributed by atoms with E-state index in [9.17, 15) is 9.90 Å². The molecule has 0 aromatic heterocycles. The Hall–Kier alpha value is -1.33. The minimum Gasteiger partial charge on any atom is -0.548 e. The Morgan fingerprint density at radius 1 is 1.05 bits per heavy atom. The molecule has 0 aliphatic heterocycles. The number of carbonyl (C=O) groups excluding carboxylic acids is 1. The predicted octanol–water partition coefficient (Wildman–Crippen LogP) is -2.11. The number of carbonyl (C=O) groups is 1. The molecular formula is C16H16NNaO3. The number of rotatable bonds is 6. The molecule has 0 heterocycles. The van der Waals surface area contributed by atoms with E-state index >= 15 is 0 Å². The van der Waals surface area contributed by atoms with E-state index in [0.29, 0.717) is 6.61 Å². The van der Waals surface area contributed by atoms with Gasteiger partial charge in [-0.1, -0.05) is 42.5 Å². The van der Waals surface area contributed by atoms with Crippen LogP contribution in [-0.4, -0.2) is 12.0 Å². The third-order valence-electron chi connectivity index (χ3n) is 2.93. The summed E-state index contributed by atoms with van der Waals surface area (Å²) < 4.78 is 5.64. The average molecular weight is 293 g/mol. The Bertz CT molecular complexity index is 557. The number of hydrogen-bond donors (Lipinski definition) is 1. The molecule has 2 rings (SSSR count). The zero-order chi connectivity index (χ0) is 14.4. The van der Waals surface area contributed by atoms with Crippen LogP contribution in [0.25, 0.3) is 0 Å². The first-order valence-electron chi connectivity index (χ1n) is 6.37. The predicted molar refractivity (Wildman–Crippen MR) is 73.9 cm³/mol. The molecule has 2 N–H and O–H groups in total. The molecule has 0 saturated heterocycles. The monoisotopic (exact) mass is 293 g/mol. The first kappa shape index (κ1) is 17.7. The number of carboxylic acids is 1. The summed E-state index contributed by atoms with van der Waals surface area (Å²) in [5.41, 5.74) is 7.36. The minimum absolute atomic E-state index is 0. The summed E-state index contributed by atoms with van der Waals surface area (Å²) in [6.45, 7) is 0.499. The van der Waals surface area contributed by atoms with E-state index in [2.05, 4.69) is 0 Å². The first-order chi connectivity index (χ1) is 9.65. The molecule has 0 amide bonds. The molecule has 0 fully saturated rings. The topological polar surface area (TPSA) is 75.4 Å². The summed E-state index contributed by atoms with van der Waals surface area (Å²) in [4.78, 5) is 10.6. The maximum Gasteiger partial charge on any atom is 1.00 e. The van der Waals surface area contributed by atoms with E-state index in [-0.39, 0.29) is 36.0 Å². The third-order valence-corrected chi connectivity index (χ3v) is 2.93. The maximum atomic E-state index is 10.6. The summed E-state index contributed by atoms with van der Waals surface area (Å²) in [6, 6.07) is 16.1. The molecule has 2 aromatic rings. The second-order valence-electron chi connectivity index (χ2n) is 4.55. The molecule has 104 valence electrons. The smallest absolute Gasteiger partial charge is 0.548 e. The molecule has 0 aliphatic rings. The minimum atomic E-state index is -1.24. The van der Waals surface area contributed by atoms with Gasteiger partial charge < -0.3 is 20.4 Å². The van der Waals surface area contributed by atoms with Crippen LogP contribution in [-0.2, 0) is 17.8 Å². The van der Waals surface area contributed by atoms with Gasteiger partial charge in [0, 0.05) is 6.04 Å². The van der Waals surface area contributed by atoms with Gasteiger partial charge in [-0.2, -0.15) is 0 Å². The van der Waals surface area contributed by atoms with Crippen molar-refractivity contribution in [2.45, 2.75) is 19.1 Å². The summed E-state index contributed by atoms with van der Waals surface area (Å²) in [5, 5.41) is 10.6. The van der Waals surface area contributed by atoms with Crippen molar-refractivity contribution >= 4 is 5.97 Å². The Kier molecular flexibility index (Phi) is 7.47. The molecule has 0 bridgehead atoms. The number of hydrogen-bond acceptors (Lipinski definition) is 4. The Morgan fingerprint density at radius 3 is 2.24 bits per heavy atom. The molecule has 0 spiro atoms. The van der Waals surface area contributed by atoms with Crippen molar-refractivity contribution < 1.29 is 44.2 Å². The van der Waals surface area contributed by atoms with Crippen LogP contribution in [0.2, 0.25) is 0 Å². The van der Waals surface area contributed by atoms with E-state index in [1.54, 1.807) is 12.1 Å². The fourth-order valence-electron chi connectivity index (χ4n) is 1.80. The maximum absolute atomic E-state index is 10.6. The van der Waals surface area contributed by atoms with Crippen molar-refractivity contribution in [3.63, 3.8) is 0 Å². The van der Waals surface area contributed by atoms with Crippen LogP contribution in [0, 0.1) is 0 Å². The summed E-state index contributed by atoms with van der Waals surface area (Å²) in [7, 11) is 0. The van der Waals surface area contributed by atoms with Gasteiger partial charge in [0.05, 0.1) is 5.97 Å². The van der Waals surface area contributed by atoms with Crippen LogP contribution in [0.3, 0.4) is 0 Å². The van der Waals surface area contributed by atoms with Crippen molar-refractivity contribution in [3.8, 4) is 5.75 Å².